The van der Waals surface area contributed by atoms with Gasteiger partial charge in [-0.1, -0.05) is 12.1 Å². The number of benzene rings is 1. The van der Waals surface area contributed by atoms with Crippen molar-refractivity contribution in [2.45, 2.75) is 10.8 Å². The van der Waals surface area contributed by atoms with Gasteiger partial charge >= 0.3 is 0 Å². The molecule has 0 bridgehead atoms. The fourth-order valence-corrected chi connectivity index (χ4v) is 2.53. The molecule has 1 heterocycles. The third-order valence-corrected chi connectivity index (χ3v) is 3.61. The molecule has 0 fully saturated rings. The normalized spacial score (nSPS) is 12.3. The Bertz CT molecular complexity index is 542. The first kappa shape index (κ1) is 11.7. The van der Waals surface area contributed by atoms with Crippen LogP contribution in [0.15, 0.2) is 53.7 Å². The summed E-state index contributed by atoms with van der Waals surface area (Å²) in [5.41, 5.74) is 0.730. The lowest BCUT2D eigenvalue weighted by Crippen LogP contribution is -2.31. The fraction of sp³-hybridized carbons (Fsp3) is 0.0833. The minimum absolute atomic E-state index is 0.201. The van der Waals surface area contributed by atoms with Crippen molar-refractivity contribution < 1.29 is 13.3 Å². The Labute approximate surface area is 101 Å². The van der Waals surface area contributed by atoms with E-state index in [1.54, 1.807) is 24.3 Å². The Hall–Kier alpha value is -1.75. The van der Waals surface area contributed by atoms with Gasteiger partial charge in [0.2, 0.25) is 0 Å². The van der Waals surface area contributed by atoms with E-state index in [2.05, 4.69) is 0 Å². The molecule has 0 spiro atoms. The molecule has 17 heavy (non-hydrogen) atoms. The third-order valence-electron chi connectivity index (χ3n) is 2.23. The second kappa shape index (κ2) is 5.05. The number of pyridine rings is 1. The summed E-state index contributed by atoms with van der Waals surface area (Å²) >= 11 is 0. The van der Waals surface area contributed by atoms with E-state index in [0.29, 0.717) is 4.73 Å². The maximum absolute atomic E-state index is 12.7. The van der Waals surface area contributed by atoms with Crippen molar-refractivity contribution in [3.05, 3.63) is 65.2 Å². The summed E-state index contributed by atoms with van der Waals surface area (Å²) in [4.78, 5) is 0. The number of nitrogens with zero attached hydrogens (tertiary/aromatic N) is 1. The maximum atomic E-state index is 12.7. The summed E-state index contributed by atoms with van der Waals surface area (Å²) in [5, 5.41) is 11.6. The zero-order chi connectivity index (χ0) is 12.3. The number of halogens is 1. The van der Waals surface area contributed by atoms with E-state index in [4.69, 9.17) is 0 Å². The monoisotopic (exact) mass is 251 g/mol. The second-order valence-electron chi connectivity index (χ2n) is 3.48. The number of hydrogen-bond donors (Lipinski definition) is 0. The molecular formula is C12H10FNO2S. The van der Waals surface area contributed by atoms with Crippen molar-refractivity contribution in [2.75, 3.05) is 0 Å². The summed E-state index contributed by atoms with van der Waals surface area (Å²) in [6, 6.07) is 10.5. The van der Waals surface area contributed by atoms with Gasteiger partial charge in [0.05, 0.1) is 5.75 Å². The predicted octanol–water partition coefficient (Wildman–Crippen LogP) is 1.77. The third kappa shape index (κ3) is 2.88. The smallest absolute Gasteiger partial charge is 0.281 e. The molecule has 0 saturated heterocycles. The van der Waals surface area contributed by atoms with Crippen molar-refractivity contribution in [1.29, 1.82) is 0 Å². The van der Waals surface area contributed by atoms with Crippen LogP contribution >= 0.6 is 0 Å². The van der Waals surface area contributed by atoms with Crippen LogP contribution in [0.2, 0.25) is 0 Å². The van der Waals surface area contributed by atoms with Crippen LogP contribution in [0, 0.1) is 11.0 Å². The Morgan fingerprint density at radius 2 is 1.88 bits per heavy atom. The first-order valence-electron chi connectivity index (χ1n) is 4.98. The minimum atomic E-state index is -1.42. The molecule has 0 N–H and O–H groups in total. The molecule has 0 radical (unpaired) electrons. The lowest BCUT2D eigenvalue weighted by atomic mass is 10.2. The van der Waals surface area contributed by atoms with Crippen LogP contribution in [0.4, 0.5) is 4.39 Å². The summed E-state index contributed by atoms with van der Waals surface area (Å²) in [6.45, 7) is 0. The van der Waals surface area contributed by atoms with Crippen molar-refractivity contribution in [2.24, 2.45) is 0 Å². The van der Waals surface area contributed by atoms with Gasteiger partial charge in [-0.05, 0) is 23.8 Å². The molecule has 3 nitrogen and oxygen atoms in total. The van der Waals surface area contributed by atoms with Crippen molar-refractivity contribution in [1.82, 2.24) is 0 Å². The molecule has 1 aromatic heterocycles. The average molecular weight is 251 g/mol. The van der Waals surface area contributed by atoms with E-state index in [1.807, 2.05) is 0 Å². The first-order valence-corrected chi connectivity index (χ1v) is 6.30. The van der Waals surface area contributed by atoms with Gasteiger partial charge in [0, 0.05) is 12.1 Å². The molecule has 0 amide bonds. The van der Waals surface area contributed by atoms with Crippen LogP contribution in [0.25, 0.3) is 0 Å². The summed E-state index contributed by atoms with van der Waals surface area (Å²) in [7, 11) is -1.42. The van der Waals surface area contributed by atoms with E-state index in [0.717, 1.165) is 5.56 Å². The van der Waals surface area contributed by atoms with Crippen LogP contribution in [-0.2, 0) is 16.6 Å². The molecule has 2 aromatic rings. The zero-order valence-electron chi connectivity index (χ0n) is 8.88. The molecule has 5 heteroatoms. The summed E-state index contributed by atoms with van der Waals surface area (Å²) in [5.74, 6) is -0.134. The standard InChI is InChI=1S/C12H10FNO2S/c13-11-6-4-10(5-7-11)9-17(16)12-3-1-2-8-14(12)15/h1-8H,9H2. The lowest BCUT2D eigenvalue weighted by Gasteiger charge is -2.03. The van der Waals surface area contributed by atoms with E-state index in [1.165, 1.54) is 24.4 Å². The van der Waals surface area contributed by atoms with Gasteiger partial charge in [-0.15, -0.1) is 0 Å². The van der Waals surface area contributed by atoms with E-state index >= 15 is 0 Å². The van der Waals surface area contributed by atoms with Gasteiger partial charge in [0.25, 0.3) is 5.03 Å². The highest BCUT2D eigenvalue weighted by atomic mass is 32.2. The molecule has 1 aromatic carbocycles. The van der Waals surface area contributed by atoms with Gasteiger partial charge in [-0.3, -0.25) is 0 Å². The molecule has 0 aliphatic rings. The molecular weight excluding hydrogens is 241 g/mol. The van der Waals surface area contributed by atoms with Gasteiger partial charge < -0.3 is 5.21 Å². The van der Waals surface area contributed by atoms with Crippen LogP contribution in [0.1, 0.15) is 5.56 Å². The Balaban J connectivity index is 2.17. The van der Waals surface area contributed by atoms with Gasteiger partial charge in [-0.2, -0.15) is 4.73 Å². The van der Waals surface area contributed by atoms with E-state index in [-0.39, 0.29) is 16.6 Å². The fourth-order valence-electron chi connectivity index (χ4n) is 1.39. The van der Waals surface area contributed by atoms with E-state index < -0.39 is 10.8 Å². The topological polar surface area (TPSA) is 44.0 Å². The van der Waals surface area contributed by atoms with Crippen LogP contribution in [0.5, 0.6) is 0 Å². The second-order valence-corrected chi connectivity index (χ2v) is 4.88. The number of aromatic nitrogens is 1. The molecule has 0 saturated carbocycles. The first-order chi connectivity index (χ1) is 8.16. The molecule has 88 valence electrons. The van der Waals surface area contributed by atoms with Crippen LogP contribution in [0.3, 0.4) is 0 Å². The maximum Gasteiger partial charge on any atom is 0.281 e. The number of hydrogen-bond acceptors (Lipinski definition) is 2. The van der Waals surface area contributed by atoms with Gasteiger partial charge in [0.15, 0.2) is 6.20 Å². The van der Waals surface area contributed by atoms with Crippen molar-refractivity contribution in [3.8, 4) is 0 Å². The molecule has 1 unspecified atom stereocenters. The van der Waals surface area contributed by atoms with Crippen LogP contribution in [-0.4, -0.2) is 4.21 Å². The zero-order valence-corrected chi connectivity index (χ0v) is 9.69. The molecule has 0 aliphatic heterocycles. The van der Waals surface area contributed by atoms with Crippen molar-refractivity contribution in [3.63, 3.8) is 0 Å². The summed E-state index contributed by atoms with van der Waals surface area (Å²) in [6.07, 6.45) is 1.30. The van der Waals surface area contributed by atoms with Crippen molar-refractivity contribution >= 4 is 10.8 Å². The lowest BCUT2D eigenvalue weighted by molar-refractivity contribution is -0.646. The average Bonchev–Trinajstić information content (AvgIpc) is 2.32. The largest absolute Gasteiger partial charge is 0.618 e. The Kier molecular flexibility index (Phi) is 3.49. The predicted molar refractivity (Wildman–Crippen MR) is 61.9 cm³/mol. The molecule has 0 aliphatic carbocycles. The Morgan fingerprint density at radius 1 is 1.18 bits per heavy atom. The Morgan fingerprint density at radius 3 is 2.53 bits per heavy atom. The minimum Gasteiger partial charge on any atom is -0.618 e. The SMILES string of the molecule is O=S(Cc1ccc(F)cc1)c1cccc[n+]1[O-]. The van der Waals surface area contributed by atoms with E-state index in [9.17, 15) is 13.8 Å². The highest BCUT2D eigenvalue weighted by molar-refractivity contribution is 7.84. The number of rotatable bonds is 3. The highest BCUT2D eigenvalue weighted by Gasteiger charge is 2.13. The summed E-state index contributed by atoms with van der Waals surface area (Å²) < 4.78 is 25.2. The quantitative estimate of drug-likeness (QED) is 0.616. The molecule has 1 atom stereocenters. The van der Waals surface area contributed by atoms with Gasteiger partial charge in [0.1, 0.15) is 16.6 Å². The highest BCUT2D eigenvalue weighted by Crippen LogP contribution is 2.09. The van der Waals surface area contributed by atoms with Crippen LogP contribution < -0.4 is 4.73 Å². The van der Waals surface area contributed by atoms with Gasteiger partial charge in [-0.25, -0.2) is 8.60 Å². The molecule has 2 rings (SSSR count).